The smallest absolute Gasteiger partial charge is 0.343 e. The molecule has 0 saturated heterocycles. The summed E-state index contributed by atoms with van der Waals surface area (Å²) >= 11 is 0. The van der Waals surface area contributed by atoms with Crippen LogP contribution in [0.15, 0.2) is 71.8 Å². The zero-order chi connectivity index (χ0) is 22.9. The molecule has 0 fully saturated rings. The molecular weight excluding hydrogens is 408 g/mol. The van der Waals surface area contributed by atoms with Crippen LogP contribution in [-0.4, -0.2) is 31.8 Å². The van der Waals surface area contributed by atoms with Gasteiger partial charge in [-0.3, -0.25) is 4.79 Å². The van der Waals surface area contributed by atoms with Gasteiger partial charge in [-0.1, -0.05) is 18.2 Å². The molecule has 0 spiro atoms. The predicted octanol–water partition coefficient (Wildman–Crippen LogP) is 4.06. The molecule has 0 aliphatic heterocycles. The molecule has 0 heterocycles. The molecule has 7 nitrogen and oxygen atoms in total. The molecule has 164 valence electrons. The Kier molecular flexibility index (Phi) is 7.59. The number of carbonyl (C=O) groups is 2. The molecule has 3 rings (SSSR count). The minimum atomic E-state index is -0.487. The highest BCUT2D eigenvalue weighted by molar-refractivity contribution is 5.91. The molecule has 0 aliphatic carbocycles. The van der Waals surface area contributed by atoms with E-state index in [2.05, 4.69) is 10.5 Å². The zero-order valence-electron chi connectivity index (χ0n) is 18.1. The summed E-state index contributed by atoms with van der Waals surface area (Å²) in [4.78, 5) is 24.2. The van der Waals surface area contributed by atoms with Crippen LogP contribution >= 0.6 is 0 Å². The fraction of sp³-hybridized carbons (Fsp3) is 0.160. The average Bonchev–Trinajstić information content (AvgIpc) is 2.80. The van der Waals surface area contributed by atoms with Gasteiger partial charge in [0.15, 0.2) is 6.61 Å². The second-order valence-electron chi connectivity index (χ2n) is 7.02. The van der Waals surface area contributed by atoms with E-state index in [1.807, 2.05) is 32.0 Å². The Morgan fingerprint density at radius 2 is 1.66 bits per heavy atom. The number of hydrogen-bond donors (Lipinski definition) is 1. The van der Waals surface area contributed by atoms with Gasteiger partial charge in [-0.25, -0.2) is 10.2 Å². The van der Waals surface area contributed by atoms with Crippen molar-refractivity contribution in [3.05, 3.63) is 89.0 Å². The first-order chi connectivity index (χ1) is 15.4. The van der Waals surface area contributed by atoms with Gasteiger partial charge in [0.05, 0.1) is 18.9 Å². The summed E-state index contributed by atoms with van der Waals surface area (Å²) < 4.78 is 16.0. The lowest BCUT2D eigenvalue weighted by Gasteiger charge is -2.07. The van der Waals surface area contributed by atoms with E-state index in [-0.39, 0.29) is 12.5 Å². The molecule has 0 saturated carbocycles. The van der Waals surface area contributed by atoms with Gasteiger partial charge >= 0.3 is 5.97 Å². The second kappa shape index (κ2) is 10.8. The molecular formula is C25H24N2O5. The summed E-state index contributed by atoms with van der Waals surface area (Å²) in [6.07, 6.45) is 1.46. The van der Waals surface area contributed by atoms with Crippen molar-refractivity contribution in [2.75, 3.05) is 13.7 Å². The van der Waals surface area contributed by atoms with Crippen LogP contribution < -0.4 is 19.6 Å². The maximum absolute atomic E-state index is 12.3. The average molecular weight is 432 g/mol. The molecule has 1 amide bonds. The van der Waals surface area contributed by atoms with Gasteiger partial charge in [-0.05, 0) is 79.1 Å². The van der Waals surface area contributed by atoms with Crippen molar-refractivity contribution in [3.8, 4) is 17.2 Å². The monoisotopic (exact) mass is 432 g/mol. The first-order valence-corrected chi connectivity index (χ1v) is 9.93. The fourth-order valence-electron chi connectivity index (χ4n) is 2.72. The molecule has 0 unspecified atom stereocenters. The minimum absolute atomic E-state index is 0.153. The molecule has 7 heteroatoms. The Labute approximate surface area is 186 Å². The van der Waals surface area contributed by atoms with Crippen molar-refractivity contribution >= 4 is 18.1 Å². The third-order valence-corrected chi connectivity index (χ3v) is 4.65. The van der Waals surface area contributed by atoms with Crippen LogP contribution in [0.4, 0.5) is 0 Å². The van der Waals surface area contributed by atoms with Gasteiger partial charge in [0.1, 0.15) is 17.2 Å². The molecule has 3 aromatic rings. The van der Waals surface area contributed by atoms with E-state index < -0.39 is 5.97 Å². The number of methoxy groups -OCH3 is 1. The number of esters is 1. The van der Waals surface area contributed by atoms with Crippen LogP contribution in [0.2, 0.25) is 0 Å². The molecule has 32 heavy (non-hydrogen) atoms. The highest BCUT2D eigenvalue weighted by Crippen LogP contribution is 2.17. The van der Waals surface area contributed by atoms with Crippen molar-refractivity contribution < 1.29 is 23.8 Å². The first-order valence-electron chi connectivity index (χ1n) is 9.93. The van der Waals surface area contributed by atoms with E-state index in [1.165, 1.54) is 6.21 Å². The summed E-state index contributed by atoms with van der Waals surface area (Å²) in [7, 11) is 1.56. The van der Waals surface area contributed by atoms with Crippen LogP contribution in [0.1, 0.15) is 27.0 Å². The number of aryl methyl sites for hydroxylation is 2. The number of amides is 1. The highest BCUT2D eigenvalue weighted by atomic mass is 16.5. The number of rotatable bonds is 8. The summed E-state index contributed by atoms with van der Waals surface area (Å²) in [5, 5.41) is 3.92. The number of nitrogens with one attached hydrogen (secondary N) is 1. The highest BCUT2D eigenvalue weighted by Gasteiger charge is 2.09. The van der Waals surface area contributed by atoms with Crippen LogP contribution in [0.5, 0.6) is 17.2 Å². The van der Waals surface area contributed by atoms with Gasteiger partial charge in [-0.2, -0.15) is 5.10 Å². The molecule has 0 aromatic heterocycles. The lowest BCUT2D eigenvalue weighted by atomic mass is 10.1. The number of nitrogens with zero attached hydrogens (tertiary/aromatic N) is 1. The van der Waals surface area contributed by atoms with Crippen molar-refractivity contribution in [3.63, 3.8) is 0 Å². The Balaban J connectivity index is 1.51. The Hall–Kier alpha value is -4.13. The van der Waals surface area contributed by atoms with Gasteiger partial charge < -0.3 is 14.2 Å². The largest absolute Gasteiger partial charge is 0.497 e. The lowest BCUT2D eigenvalue weighted by molar-refractivity contribution is -0.123. The van der Waals surface area contributed by atoms with Gasteiger partial charge in [0, 0.05) is 0 Å². The van der Waals surface area contributed by atoms with Gasteiger partial charge in [-0.15, -0.1) is 0 Å². The van der Waals surface area contributed by atoms with E-state index in [1.54, 1.807) is 55.6 Å². The second-order valence-corrected chi connectivity index (χ2v) is 7.02. The van der Waals surface area contributed by atoms with Crippen LogP contribution in [-0.2, 0) is 4.79 Å². The van der Waals surface area contributed by atoms with E-state index >= 15 is 0 Å². The predicted molar refractivity (Wildman–Crippen MR) is 122 cm³/mol. The molecule has 1 N–H and O–H groups in total. The standard InChI is InChI=1S/C25H24N2O5/c1-17-7-10-22(13-18(17)2)31-16-24(28)27-26-15-19-5-4-6-23(14-19)32-25(29)20-8-11-21(30-3)12-9-20/h4-15H,16H2,1-3H3,(H,27,28)/b26-15+. The van der Waals surface area contributed by atoms with Gasteiger partial charge in [0.2, 0.25) is 0 Å². The third kappa shape index (κ3) is 6.43. The van der Waals surface area contributed by atoms with E-state index in [9.17, 15) is 9.59 Å². The van der Waals surface area contributed by atoms with E-state index in [4.69, 9.17) is 14.2 Å². The topological polar surface area (TPSA) is 86.2 Å². The Bertz CT molecular complexity index is 1120. The number of benzene rings is 3. The number of hydrogen-bond acceptors (Lipinski definition) is 6. The van der Waals surface area contributed by atoms with Crippen molar-refractivity contribution in [2.45, 2.75) is 13.8 Å². The number of ether oxygens (including phenoxy) is 3. The molecule has 0 radical (unpaired) electrons. The molecule has 3 aromatic carbocycles. The first kappa shape index (κ1) is 22.6. The number of hydrazone groups is 1. The molecule has 0 aliphatic rings. The fourth-order valence-corrected chi connectivity index (χ4v) is 2.72. The maximum atomic E-state index is 12.3. The van der Waals surface area contributed by atoms with Crippen molar-refractivity contribution in [1.82, 2.24) is 5.43 Å². The molecule has 0 bridgehead atoms. The van der Waals surface area contributed by atoms with Crippen molar-refractivity contribution in [1.29, 1.82) is 0 Å². The van der Waals surface area contributed by atoms with Gasteiger partial charge in [0.25, 0.3) is 5.91 Å². The summed E-state index contributed by atoms with van der Waals surface area (Å²) in [5.74, 6) is 0.763. The normalized spacial score (nSPS) is 10.6. The summed E-state index contributed by atoms with van der Waals surface area (Å²) in [6.45, 7) is 3.84. The van der Waals surface area contributed by atoms with Crippen LogP contribution in [0.3, 0.4) is 0 Å². The number of carbonyl (C=O) groups excluding carboxylic acids is 2. The summed E-state index contributed by atoms with van der Waals surface area (Å²) in [5.41, 5.74) is 5.71. The van der Waals surface area contributed by atoms with Crippen molar-refractivity contribution in [2.24, 2.45) is 5.10 Å². The minimum Gasteiger partial charge on any atom is -0.497 e. The Morgan fingerprint density at radius 3 is 2.38 bits per heavy atom. The van der Waals surface area contributed by atoms with Crippen LogP contribution in [0, 0.1) is 13.8 Å². The quantitative estimate of drug-likeness (QED) is 0.251. The third-order valence-electron chi connectivity index (χ3n) is 4.65. The SMILES string of the molecule is COc1ccc(C(=O)Oc2cccc(/C=N/NC(=O)COc3ccc(C)c(C)c3)c2)cc1. The lowest BCUT2D eigenvalue weighted by Crippen LogP contribution is -2.24. The Morgan fingerprint density at radius 1 is 0.906 bits per heavy atom. The maximum Gasteiger partial charge on any atom is 0.343 e. The molecule has 0 atom stereocenters. The van der Waals surface area contributed by atoms with Crippen LogP contribution in [0.25, 0.3) is 0 Å². The zero-order valence-corrected chi connectivity index (χ0v) is 18.1. The van der Waals surface area contributed by atoms with E-state index in [0.717, 1.165) is 11.1 Å². The summed E-state index contributed by atoms with van der Waals surface area (Å²) in [6, 6.07) is 19.1. The van der Waals surface area contributed by atoms with E-state index in [0.29, 0.717) is 28.4 Å².